The molecule has 140 valence electrons. The molecule has 2 amide bonds. The Morgan fingerprint density at radius 3 is 2.15 bits per heavy atom. The Labute approximate surface area is 156 Å². The summed E-state index contributed by atoms with van der Waals surface area (Å²) >= 11 is 0. The standard InChI is InChI=1S/C20H19NO6/c1-3-26-20(25)21-17(22)12-27-19(24)16-7-5-4-6-15(16)18(23)14-10-8-13(2)9-11-14/h4-11H,3,12H2,1-2H3,(H,21,22,25). The molecule has 0 bridgehead atoms. The van der Waals surface area contributed by atoms with Gasteiger partial charge < -0.3 is 9.47 Å². The molecule has 0 spiro atoms. The molecule has 0 radical (unpaired) electrons. The first-order chi connectivity index (χ1) is 12.9. The van der Waals surface area contributed by atoms with Crippen molar-refractivity contribution in [2.45, 2.75) is 13.8 Å². The van der Waals surface area contributed by atoms with Crippen molar-refractivity contribution in [3.05, 3.63) is 70.8 Å². The Bertz CT molecular complexity index is 857. The van der Waals surface area contributed by atoms with Crippen molar-refractivity contribution >= 4 is 23.8 Å². The Kier molecular flexibility index (Phi) is 6.82. The van der Waals surface area contributed by atoms with Crippen molar-refractivity contribution in [2.75, 3.05) is 13.2 Å². The van der Waals surface area contributed by atoms with E-state index < -0.39 is 24.6 Å². The Morgan fingerprint density at radius 1 is 0.889 bits per heavy atom. The lowest BCUT2D eigenvalue weighted by Crippen LogP contribution is -2.34. The van der Waals surface area contributed by atoms with E-state index in [-0.39, 0.29) is 23.5 Å². The number of ketones is 1. The summed E-state index contributed by atoms with van der Waals surface area (Å²) in [5.41, 5.74) is 1.64. The number of hydrogen-bond acceptors (Lipinski definition) is 6. The highest BCUT2D eigenvalue weighted by Crippen LogP contribution is 2.16. The van der Waals surface area contributed by atoms with Crippen LogP contribution in [-0.4, -0.2) is 37.0 Å². The second kappa shape index (κ2) is 9.28. The van der Waals surface area contributed by atoms with E-state index in [0.717, 1.165) is 5.56 Å². The number of alkyl carbamates (subject to hydrolysis) is 1. The Hall–Kier alpha value is -3.48. The highest BCUT2D eigenvalue weighted by molar-refractivity contribution is 6.14. The minimum atomic E-state index is -0.923. The van der Waals surface area contributed by atoms with Crippen LogP contribution in [0.4, 0.5) is 4.79 Å². The van der Waals surface area contributed by atoms with Gasteiger partial charge in [-0.3, -0.25) is 14.9 Å². The highest BCUT2D eigenvalue weighted by atomic mass is 16.6. The fourth-order valence-corrected chi connectivity index (χ4v) is 2.25. The van der Waals surface area contributed by atoms with Gasteiger partial charge in [-0.1, -0.05) is 48.0 Å². The molecule has 0 aromatic heterocycles. The summed E-state index contributed by atoms with van der Waals surface area (Å²) in [6, 6.07) is 13.1. The number of benzene rings is 2. The molecule has 0 aliphatic heterocycles. The fraction of sp³-hybridized carbons (Fsp3) is 0.200. The van der Waals surface area contributed by atoms with Crippen LogP contribution in [0.15, 0.2) is 48.5 Å². The summed E-state index contributed by atoms with van der Waals surface area (Å²) in [6.45, 7) is 2.92. The van der Waals surface area contributed by atoms with E-state index >= 15 is 0 Å². The summed E-state index contributed by atoms with van der Waals surface area (Å²) in [7, 11) is 0. The zero-order chi connectivity index (χ0) is 19.8. The second-order valence-electron chi connectivity index (χ2n) is 5.59. The van der Waals surface area contributed by atoms with E-state index in [1.165, 1.54) is 12.1 Å². The lowest BCUT2D eigenvalue weighted by molar-refractivity contribution is -0.123. The molecular weight excluding hydrogens is 350 g/mol. The van der Waals surface area contributed by atoms with Crippen LogP contribution in [0.2, 0.25) is 0 Å². The first-order valence-electron chi connectivity index (χ1n) is 8.26. The number of esters is 1. The molecule has 1 N–H and O–H groups in total. The van der Waals surface area contributed by atoms with E-state index in [1.54, 1.807) is 43.3 Å². The molecule has 0 atom stereocenters. The number of aryl methyl sites for hydroxylation is 1. The van der Waals surface area contributed by atoms with Gasteiger partial charge in [-0.15, -0.1) is 0 Å². The lowest BCUT2D eigenvalue weighted by atomic mass is 9.98. The van der Waals surface area contributed by atoms with Gasteiger partial charge in [-0.05, 0) is 19.9 Å². The molecule has 2 aromatic rings. The number of rotatable bonds is 6. The summed E-state index contributed by atoms with van der Waals surface area (Å²) < 4.78 is 9.46. The minimum absolute atomic E-state index is 0.0343. The number of hydrogen-bond donors (Lipinski definition) is 1. The van der Waals surface area contributed by atoms with Crippen LogP contribution in [0.25, 0.3) is 0 Å². The molecule has 0 aliphatic carbocycles. The van der Waals surface area contributed by atoms with E-state index in [0.29, 0.717) is 5.56 Å². The van der Waals surface area contributed by atoms with Gasteiger partial charge in [0.15, 0.2) is 12.4 Å². The maximum atomic E-state index is 12.7. The van der Waals surface area contributed by atoms with E-state index in [9.17, 15) is 19.2 Å². The molecule has 2 aromatic carbocycles. The van der Waals surface area contributed by atoms with Gasteiger partial charge in [-0.2, -0.15) is 0 Å². The Balaban J connectivity index is 2.09. The van der Waals surface area contributed by atoms with Gasteiger partial charge >= 0.3 is 12.1 Å². The van der Waals surface area contributed by atoms with Crippen LogP contribution < -0.4 is 5.32 Å². The third-order valence-corrected chi connectivity index (χ3v) is 3.56. The Morgan fingerprint density at radius 2 is 1.52 bits per heavy atom. The van der Waals surface area contributed by atoms with Crippen LogP contribution in [0.1, 0.15) is 38.8 Å². The molecular formula is C20H19NO6. The van der Waals surface area contributed by atoms with Crippen LogP contribution in [0.5, 0.6) is 0 Å². The van der Waals surface area contributed by atoms with Crippen molar-refractivity contribution in [2.24, 2.45) is 0 Å². The van der Waals surface area contributed by atoms with E-state index in [2.05, 4.69) is 4.74 Å². The second-order valence-corrected chi connectivity index (χ2v) is 5.59. The van der Waals surface area contributed by atoms with Gasteiger partial charge in [0.25, 0.3) is 5.91 Å². The topological polar surface area (TPSA) is 98.8 Å². The SMILES string of the molecule is CCOC(=O)NC(=O)COC(=O)c1ccccc1C(=O)c1ccc(C)cc1. The molecule has 2 rings (SSSR count). The number of carbonyl (C=O) groups excluding carboxylic acids is 4. The highest BCUT2D eigenvalue weighted by Gasteiger charge is 2.20. The van der Waals surface area contributed by atoms with Crippen LogP contribution >= 0.6 is 0 Å². The first-order valence-corrected chi connectivity index (χ1v) is 8.26. The summed E-state index contributed by atoms with van der Waals surface area (Å²) in [5.74, 6) is -2.01. The van der Waals surface area contributed by atoms with Crippen molar-refractivity contribution in [3.63, 3.8) is 0 Å². The number of ether oxygens (including phenoxy) is 2. The fourth-order valence-electron chi connectivity index (χ4n) is 2.25. The number of nitrogens with one attached hydrogen (secondary N) is 1. The lowest BCUT2D eigenvalue weighted by Gasteiger charge is -2.09. The third-order valence-electron chi connectivity index (χ3n) is 3.56. The molecule has 0 unspecified atom stereocenters. The first kappa shape index (κ1) is 19.8. The molecule has 0 heterocycles. The maximum Gasteiger partial charge on any atom is 0.413 e. The van der Waals surface area contributed by atoms with Gasteiger partial charge in [0.05, 0.1) is 12.2 Å². The van der Waals surface area contributed by atoms with Gasteiger partial charge in [0.1, 0.15) is 0 Å². The molecule has 0 saturated carbocycles. The molecule has 0 saturated heterocycles. The van der Waals surface area contributed by atoms with Gasteiger partial charge in [0.2, 0.25) is 0 Å². The summed E-state index contributed by atoms with van der Waals surface area (Å²) in [5, 5.41) is 1.91. The quantitative estimate of drug-likeness (QED) is 0.621. The largest absolute Gasteiger partial charge is 0.452 e. The summed E-state index contributed by atoms with van der Waals surface area (Å²) in [4.78, 5) is 47.7. The molecule has 27 heavy (non-hydrogen) atoms. The van der Waals surface area contributed by atoms with E-state index in [1.807, 2.05) is 12.2 Å². The average Bonchev–Trinajstić information content (AvgIpc) is 2.66. The molecule has 7 nitrogen and oxygen atoms in total. The van der Waals surface area contributed by atoms with Crippen molar-refractivity contribution in [1.82, 2.24) is 5.32 Å². The summed E-state index contributed by atoms with van der Waals surface area (Å²) in [6.07, 6.45) is -0.923. The maximum absolute atomic E-state index is 12.7. The van der Waals surface area contributed by atoms with Crippen molar-refractivity contribution in [1.29, 1.82) is 0 Å². The zero-order valence-electron chi connectivity index (χ0n) is 15.0. The molecule has 0 aliphatic rings. The molecule has 7 heteroatoms. The van der Waals surface area contributed by atoms with Crippen LogP contribution in [0, 0.1) is 6.92 Å². The van der Waals surface area contributed by atoms with Crippen molar-refractivity contribution < 1.29 is 28.7 Å². The number of carbonyl (C=O) groups is 4. The third kappa shape index (κ3) is 5.50. The predicted octanol–water partition coefficient (Wildman–Crippen LogP) is 2.66. The number of imide groups is 1. The van der Waals surface area contributed by atoms with Crippen LogP contribution in [0.3, 0.4) is 0 Å². The van der Waals surface area contributed by atoms with Gasteiger partial charge in [0, 0.05) is 11.1 Å². The smallest absolute Gasteiger partial charge is 0.413 e. The van der Waals surface area contributed by atoms with Gasteiger partial charge in [-0.25, -0.2) is 9.59 Å². The van der Waals surface area contributed by atoms with Crippen molar-refractivity contribution in [3.8, 4) is 0 Å². The average molecular weight is 369 g/mol. The monoisotopic (exact) mass is 369 g/mol. The zero-order valence-corrected chi connectivity index (χ0v) is 15.0. The minimum Gasteiger partial charge on any atom is -0.452 e. The number of amides is 2. The molecule has 0 fully saturated rings. The predicted molar refractivity (Wildman–Crippen MR) is 96.5 cm³/mol. The van der Waals surface area contributed by atoms with E-state index in [4.69, 9.17) is 4.74 Å². The normalized spacial score (nSPS) is 10.0. The van der Waals surface area contributed by atoms with Crippen LogP contribution in [-0.2, 0) is 14.3 Å².